The standard InChI is InChI=1S/C17H17Cl2FN2O3S/c1-26(24,25)22(14-7-4-12(20)5-8-14)10-2-3-17(23)21-13-6-9-15(18)16(19)11-13/h4-9,11H,2-3,10H2,1H3,(H,21,23). The molecule has 0 aliphatic heterocycles. The Hall–Kier alpha value is -1.83. The molecule has 9 heteroatoms. The quantitative estimate of drug-likeness (QED) is 0.727. The zero-order valence-corrected chi connectivity index (χ0v) is 16.2. The maximum absolute atomic E-state index is 13.0. The van der Waals surface area contributed by atoms with E-state index < -0.39 is 15.8 Å². The second-order valence-electron chi connectivity index (χ2n) is 5.59. The van der Waals surface area contributed by atoms with Crippen molar-refractivity contribution in [3.05, 3.63) is 58.3 Å². The zero-order chi connectivity index (χ0) is 19.3. The third kappa shape index (κ3) is 5.86. The van der Waals surface area contributed by atoms with E-state index >= 15 is 0 Å². The number of amides is 1. The van der Waals surface area contributed by atoms with Gasteiger partial charge in [-0.3, -0.25) is 9.10 Å². The fraction of sp³-hybridized carbons (Fsp3) is 0.235. The summed E-state index contributed by atoms with van der Waals surface area (Å²) in [6.45, 7) is 0.0965. The highest BCUT2D eigenvalue weighted by Crippen LogP contribution is 2.25. The molecule has 140 valence electrons. The first-order valence-electron chi connectivity index (χ1n) is 7.65. The van der Waals surface area contributed by atoms with Gasteiger partial charge in [0, 0.05) is 18.7 Å². The lowest BCUT2D eigenvalue weighted by Crippen LogP contribution is -2.31. The number of hydrogen-bond donors (Lipinski definition) is 1. The third-order valence-electron chi connectivity index (χ3n) is 3.48. The van der Waals surface area contributed by atoms with Crippen molar-refractivity contribution in [2.75, 3.05) is 22.4 Å². The minimum Gasteiger partial charge on any atom is -0.326 e. The lowest BCUT2D eigenvalue weighted by atomic mass is 10.2. The minimum absolute atomic E-state index is 0.0965. The van der Waals surface area contributed by atoms with E-state index in [4.69, 9.17) is 23.2 Å². The van der Waals surface area contributed by atoms with Crippen LogP contribution in [0.2, 0.25) is 10.0 Å². The molecule has 0 atom stereocenters. The molecule has 0 saturated heterocycles. The molecule has 1 amide bonds. The van der Waals surface area contributed by atoms with Crippen LogP contribution in [0.15, 0.2) is 42.5 Å². The van der Waals surface area contributed by atoms with Crippen LogP contribution in [0.4, 0.5) is 15.8 Å². The van der Waals surface area contributed by atoms with Crippen LogP contribution in [0, 0.1) is 5.82 Å². The molecule has 0 aliphatic carbocycles. The van der Waals surface area contributed by atoms with Gasteiger partial charge < -0.3 is 5.32 Å². The van der Waals surface area contributed by atoms with Gasteiger partial charge in [0.25, 0.3) is 0 Å². The highest BCUT2D eigenvalue weighted by molar-refractivity contribution is 7.92. The van der Waals surface area contributed by atoms with Crippen LogP contribution in [-0.2, 0) is 14.8 Å². The summed E-state index contributed by atoms with van der Waals surface area (Å²) >= 11 is 11.7. The molecular formula is C17H17Cl2FN2O3S. The van der Waals surface area contributed by atoms with Gasteiger partial charge >= 0.3 is 0 Å². The van der Waals surface area contributed by atoms with Crippen molar-refractivity contribution in [2.24, 2.45) is 0 Å². The Bertz CT molecular complexity index is 889. The first-order valence-corrected chi connectivity index (χ1v) is 10.3. The van der Waals surface area contributed by atoms with Crippen LogP contribution in [-0.4, -0.2) is 27.1 Å². The topological polar surface area (TPSA) is 66.5 Å². The van der Waals surface area contributed by atoms with Crippen LogP contribution >= 0.6 is 23.2 Å². The smallest absolute Gasteiger partial charge is 0.232 e. The number of benzene rings is 2. The molecule has 0 fully saturated rings. The van der Waals surface area contributed by atoms with E-state index in [0.29, 0.717) is 21.4 Å². The number of anilines is 2. The van der Waals surface area contributed by atoms with Gasteiger partial charge in [-0.2, -0.15) is 0 Å². The van der Waals surface area contributed by atoms with E-state index in [1.54, 1.807) is 12.1 Å². The summed E-state index contributed by atoms with van der Waals surface area (Å²) in [5, 5.41) is 3.38. The highest BCUT2D eigenvalue weighted by Gasteiger charge is 2.17. The molecule has 2 aromatic carbocycles. The minimum atomic E-state index is -3.55. The second-order valence-corrected chi connectivity index (χ2v) is 8.31. The molecule has 0 heterocycles. The van der Waals surface area contributed by atoms with Gasteiger partial charge in [0.15, 0.2) is 0 Å². The molecule has 0 unspecified atom stereocenters. The fourth-order valence-corrected chi connectivity index (χ4v) is 3.54. The lowest BCUT2D eigenvalue weighted by molar-refractivity contribution is -0.116. The van der Waals surface area contributed by atoms with Crippen molar-refractivity contribution in [3.8, 4) is 0 Å². The monoisotopic (exact) mass is 418 g/mol. The maximum Gasteiger partial charge on any atom is 0.232 e. The molecule has 2 aromatic rings. The Morgan fingerprint density at radius 2 is 1.77 bits per heavy atom. The molecule has 26 heavy (non-hydrogen) atoms. The van der Waals surface area contributed by atoms with E-state index in [9.17, 15) is 17.6 Å². The summed E-state index contributed by atoms with van der Waals surface area (Å²) in [6, 6.07) is 9.85. The van der Waals surface area contributed by atoms with Gasteiger partial charge in [-0.15, -0.1) is 0 Å². The third-order valence-corrected chi connectivity index (χ3v) is 5.42. The van der Waals surface area contributed by atoms with Crippen molar-refractivity contribution in [1.82, 2.24) is 0 Å². The van der Waals surface area contributed by atoms with Crippen molar-refractivity contribution in [1.29, 1.82) is 0 Å². The number of sulfonamides is 1. The summed E-state index contributed by atoms with van der Waals surface area (Å²) in [4.78, 5) is 12.0. The van der Waals surface area contributed by atoms with Crippen molar-refractivity contribution >= 4 is 50.5 Å². The van der Waals surface area contributed by atoms with E-state index in [1.807, 2.05) is 0 Å². The molecule has 0 aliphatic rings. The number of nitrogens with one attached hydrogen (secondary N) is 1. The largest absolute Gasteiger partial charge is 0.326 e. The predicted octanol–water partition coefficient (Wildman–Crippen LogP) is 4.32. The maximum atomic E-state index is 13.0. The van der Waals surface area contributed by atoms with Gasteiger partial charge in [-0.1, -0.05) is 23.2 Å². The van der Waals surface area contributed by atoms with Crippen LogP contribution < -0.4 is 9.62 Å². The SMILES string of the molecule is CS(=O)(=O)N(CCCC(=O)Nc1ccc(Cl)c(Cl)c1)c1ccc(F)cc1. The number of hydrogen-bond acceptors (Lipinski definition) is 3. The normalized spacial score (nSPS) is 11.2. The summed E-state index contributed by atoms with van der Waals surface area (Å²) in [6.07, 6.45) is 1.46. The first-order chi connectivity index (χ1) is 12.2. The predicted molar refractivity (Wildman–Crippen MR) is 103 cm³/mol. The Labute approximate surface area is 161 Å². The fourth-order valence-electron chi connectivity index (χ4n) is 2.27. The Kier molecular flexibility index (Phi) is 6.86. The molecular weight excluding hydrogens is 402 g/mol. The number of rotatable bonds is 7. The van der Waals surface area contributed by atoms with E-state index in [2.05, 4.69) is 5.32 Å². The molecule has 0 aromatic heterocycles. The first kappa shape index (κ1) is 20.5. The zero-order valence-electron chi connectivity index (χ0n) is 13.9. The van der Waals surface area contributed by atoms with Gasteiger partial charge in [0.1, 0.15) is 5.82 Å². The van der Waals surface area contributed by atoms with Crippen LogP contribution in [0.1, 0.15) is 12.8 Å². The summed E-state index contributed by atoms with van der Waals surface area (Å²) in [5.74, 6) is -0.737. The summed E-state index contributed by atoms with van der Waals surface area (Å²) in [7, 11) is -3.55. The molecule has 0 radical (unpaired) electrons. The molecule has 0 bridgehead atoms. The van der Waals surface area contributed by atoms with E-state index in [0.717, 1.165) is 10.6 Å². The average molecular weight is 419 g/mol. The van der Waals surface area contributed by atoms with E-state index in [-0.39, 0.29) is 25.3 Å². The number of carbonyl (C=O) groups is 1. The Morgan fingerprint density at radius 3 is 2.35 bits per heavy atom. The molecule has 2 rings (SSSR count). The Balaban J connectivity index is 1.95. The van der Waals surface area contributed by atoms with Gasteiger partial charge in [0.05, 0.1) is 22.0 Å². The van der Waals surface area contributed by atoms with E-state index in [1.165, 1.54) is 30.3 Å². The van der Waals surface area contributed by atoms with Crippen LogP contribution in [0.5, 0.6) is 0 Å². The summed E-state index contributed by atoms with van der Waals surface area (Å²) < 4.78 is 38.1. The highest BCUT2D eigenvalue weighted by atomic mass is 35.5. The number of halogens is 3. The number of carbonyl (C=O) groups excluding carboxylic acids is 1. The molecule has 0 saturated carbocycles. The molecule has 1 N–H and O–H groups in total. The summed E-state index contributed by atoms with van der Waals surface area (Å²) in [5.41, 5.74) is 0.849. The molecule has 5 nitrogen and oxygen atoms in total. The second kappa shape index (κ2) is 8.70. The lowest BCUT2D eigenvalue weighted by Gasteiger charge is -2.22. The van der Waals surface area contributed by atoms with Crippen molar-refractivity contribution in [3.63, 3.8) is 0 Å². The van der Waals surface area contributed by atoms with Gasteiger partial charge in [-0.25, -0.2) is 12.8 Å². The number of nitrogens with zero attached hydrogens (tertiary/aromatic N) is 1. The Morgan fingerprint density at radius 1 is 1.12 bits per heavy atom. The van der Waals surface area contributed by atoms with Gasteiger partial charge in [0.2, 0.25) is 15.9 Å². The van der Waals surface area contributed by atoms with Crippen LogP contribution in [0.3, 0.4) is 0 Å². The average Bonchev–Trinajstić information content (AvgIpc) is 2.55. The van der Waals surface area contributed by atoms with Gasteiger partial charge in [-0.05, 0) is 48.9 Å². The van der Waals surface area contributed by atoms with Crippen LogP contribution in [0.25, 0.3) is 0 Å². The van der Waals surface area contributed by atoms with Crippen molar-refractivity contribution in [2.45, 2.75) is 12.8 Å². The molecule has 0 spiro atoms. The van der Waals surface area contributed by atoms with Crippen molar-refractivity contribution < 1.29 is 17.6 Å².